The summed E-state index contributed by atoms with van der Waals surface area (Å²) in [5.74, 6) is 0.187. The second-order valence-corrected chi connectivity index (χ2v) is 7.78. The van der Waals surface area contributed by atoms with Gasteiger partial charge < -0.3 is 9.47 Å². The molecule has 2 aromatic heterocycles. The predicted molar refractivity (Wildman–Crippen MR) is 101 cm³/mol. The molecule has 0 unspecified atom stereocenters. The van der Waals surface area contributed by atoms with Crippen LogP contribution in [0.5, 0.6) is 0 Å². The molecule has 8 heteroatoms. The van der Waals surface area contributed by atoms with Crippen LogP contribution in [0.3, 0.4) is 0 Å². The minimum Gasteiger partial charge on any atom is -0.462 e. The highest BCUT2D eigenvalue weighted by Gasteiger charge is 2.21. The van der Waals surface area contributed by atoms with Crippen molar-refractivity contribution >= 4 is 27.5 Å². The smallest absolute Gasteiger partial charge is 0.326 e. The van der Waals surface area contributed by atoms with E-state index in [1.54, 1.807) is 7.11 Å². The average Bonchev–Trinajstić information content (AvgIpc) is 3.20. The summed E-state index contributed by atoms with van der Waals surface area (Å²) in [5.41, 5.74) is 0.784. The molecule has 1 fully saturated rings. The van der Waals surface area contributed by atoms with Crippen molar-refractivity contribution in [2.24, 2.45) is 0 Å². The number of methoxy groups -OCH3 is 1. The van der Waals surface area contributed by atoms with Gasteiger partial charge in [-0.05, 0) is 45.3 Å². The quantitative estimate of drug-likeness (QED) is 0.540. The van der Waals surface area contributed by atoms with Gasteiger partial charge in [0.2, 0.25) is 0 Å². The van der Waals surface area contributed by atoms with E-state index in [2.05, 4.69) is 4.90 Å². The number of thiophene rings is 1. The third-order valence-electron chi connectivity index (χ3n) is 4.77. The van der Waals surface area contributed by atoms with Crippen LogP contribution in [0.1, 0.15) is 29.1 Å². The van der Waals surface area contributed by atoms with Crippen LogP contribution in [0.2, 0.25) is 0 Å². The minimum atomic E-state index is -0.447. The molecule has 0 spiro atoms. The van der Waals surface area contributed by atoms with Gasteiger partial charge in [0.15, 0.2) is 0 Å². The molecule has 0 aliphatic carbocycles. The van der Waals surface area contributed by atoms with Gasteiger partial charge in [-0.3, -0.25) is 19.1 Å². The number of likely N-dealkylation sites (tertiary alicyclic amines) is 1. The van der Waals surface area contributed by atoms with Crippen molar-refractivity contribution in [1.29, 1.82) is 0 Å². The fourth-order valence-corrected chi connectivity index (χ4v) is 4.25. The second-order valence-electron chi connectivity index (χ2n) is 6.58. The van der Waals surface area contributed by atoms with Gasteiger partial charge in [0.05, 0.1) is 18.5 Å². The van der Waals surface area contributed by atoms with Crippen LogP contribution in [-0.2, 0) is 27.4 Å². The Hall–Kier alpha value is -1.77. The summed E-state index contributed by atoms with van der Waals surface area (Å²) in [6.45, 7) is 6.88. The van der Waals surface area contributed by atoms with E-state index in [9.17, 15) is 9.59 Å². The van der Waals surface area contributed by atoms with Gasteiger partial charge in [-0.1, -0.05) is 0 Å². The highest BCUT2D eigenvalue weighted by molar-refractivity contribution is 7.18. The zero-order chi connectivity index (χ0) is 18.7. The number of carbonyl (C=O) groups is 1. The highest BCUT2D eigenvalue weighted by atomic mass is 32.1. The first-order valence-electron chi connectivity index (χ1n) is 8.87. The number of fused-ring (bicyclic) bond motifs is 1. The number of esters is 1. The first-order valence-corrected chi connectivity index (χ1v) is 9.69. The topological polar surface area (TPSA) is 73.7 Å². The number of nitrogens with zero attached hydrogens (tertiary/aromatic N) is 3. The molecule has 0 saturated carbocycles. The molecular weight excluding hydrogens is 354 g/mol. The molecule has 0 aromatic carbocycles. The maximum atomic E-state index is 13.1. The lowest BCUT2D eigenvalue weighted by atomic mass is 10.2. The molecule has 3 rings (SSSR count). The van der Waals surface area contributed by atoms with Crippen LogP contribution in [0, 0.1) is 13.8 Å². The second kappa shape index (κ2) is 8.28. The molecule has 1 saturated heterocycles. The summed E-state index contributed by atoms with van der Waals surface area (Å²) in [6.07, 6.45) is 2.31. The molecule has 1 aliphatic heterocycles. The molecule has 3 heterocycles. The van der Waals surface area contributed by atoms with Crippen LogP contribution in [0.4, 0.5) is 0 Å². The Morgan fingerprint density at radius 2 is 1.96 bits per heavy atom. The molecule has 0 amide bonds. The van der Waals surface area contributed by atoms with Gasteiger partial charge in [0.25, 0.3) is 5.56 Å². The van der Waals surface area contributed by atoms with Crippen molar-refractivity contribution < 1.29 is 14.3 Å². The largest absolute Gasteiger partial charge is 0.462 e. The van der Waals surface area contributed by atoms with Gasteiger partial charge >= 0.3 is 5.97 Å². The Kier molecular flexibility index (Phi) is 6.05. The average molecular weight is 379 g/mol. The van der Waals surface area contributed by atoms with Gasteiger partial charge in [0.1, 0.15) is 23.8 Å². The van der Waals surface area contributed by atoms with Crippen molar-refractivity contribution in [2.75, 3.05) is 33.4 Å². The van der Waals surface area contributed by atoms with Crippen molar-refractivity contribution in [3.63, 3.8) is 0 Å². The number of aromatic nitrogens is 2. The van der Waals surface area contributed by atoms with E-state index in [1.165, 1.54) is 15.9 Å². The maximum absolute atomic E-state index is 13.1. The lowest BCUT2D eigenvalue weighted by Crippen LogP contribution is -2.32. The van der Waals surface area contributed by atoms with E-state index in [4.69, 9.17) is 14.5 Å². The number of hydrogen-bond donors (Lipinski definition) is 0. The van der Waals surface area contributed by atoms with Crippen molar-refractivity contribution in [2.45, 2.75) is 39.8 Å². The molecule has 0 bridgehead atoms. The zero-order valence-corrected chi connectivity index (χ0v) is 16.4. The Morgan fingerprint density at radius 3 is 2.65 bits per heavy atom. The number of ether oxygens (including phenoxy) is 2. The van der Waals surface area contributed by atoms with Crippen LogP contribution >= 0.6 is 11.3 Å². The highest BCUT2D eigenvalue weighted by Crippen LogP contribution is 2.26. The van der Waals surface area contributed by atoms with Crippen LogP contribution in [0.15, 0.2) is 4.79 Å². The molecule has 142 valence electrons. The lowest BCUT2D eigenvalue weighted by molar-refractivity contribution is -0.145. The molecule has 1 aliphatic rings. The van der Waals surface area contributed by atoms with Crippen molar-refractivity contribution in [3.05, 3.63) is 26.6 Å². The summed E-state index contributed by atoms with van der Waals surface area (Å²) in [7, 11) is 1.55. The summed E-state index contributed by atoms with van der Waals surface area (Å²) < 4.78 is 11.5. The van der Waals surface area contributed by atoms with Crippen molar-refractivity contribution in [1.82, 2.24) is 14.5 Å². The zero-order valence-electron chi connectivity index (χ0n) is 15.5. The Balaban J connectivity index is 1.96. The lowest BCUT2D eigenvalue weighted by Gasteiger charge is -2.18. The summed E-state index contributed by atoms with van der Waals surface area (Å²) in [4.78, 5) is 34.1. The van der Waals surface area contributed by atoms with Crippen molar-refractivity contribution in [3.8, 4) is 0 Å². The number of aryl methyl sites for hydroxylation is 2. The standard InChI is InChI=1S/C18H25N3O4S/c1-12-13(2)26-17-16(12)18(23)21(11-15(22)25-9-8-24-3)14(19-17)10-20-6-4-5-7-20/h4-11H2,1-3H3. The molecule has 0 radical (unpaired) electrons. The van der Waals surface area contributed by atoms with E-state index in [0.717, 1.165) is 41.2 Å². The Bertz CT molecular complexity index is 852. The van der Waals surface area contributed by atoms with Gasteiger partial charge in [-0.15, -0.1) is 11.3 Å². The van der Waals surface area contributed by atoms with Gasteiger partial charge in [0, 0.05) is 12.0 Å². The van der Waals surface area contributed by atoms with Crippen LogP contribution < -0.4 is 5.56 Å². The molecule has 0 atom stereocenters. The Labute approximate surface area is 156 Å². The number of rotatable bonds is 7. The molecule has 2 aromatic rings. The third-order valence-corrected chi connectivity index (χ3v) is 5.87. The Morgan fingerprint density at radius 1 is 1.23 bits per heavy atom. The van der Waals surface area contributed by atoms with Gasteiger partial charge in [-0.25, -0.2) is 4.98 Å². The first-order chi connectivity index (χ1) is 12.5. The van der Waals surface area contributed by atoms with Gasteiger partial charge in [-0.2, -0.15) is 0 Å². The number of hydrogen-bond acceptors (Lipinski definition) is 7. The normalized spacial score (nSPS) is 15.0. The predicted octanol–water partition coefficient (Wildman–Crippen LogP) is 1.86. The minimum absolute atomic E-state index is 0.122. The van der Waals surface area contributed by atoms with E-state index in [1.807, 2.05) is 13.8 Å². The first kappa shape index (κ1) is 19.0. The monoisotopic (exact) mass is 379 g/mol. The maximum Gasteiger partial charge on any atom is 0.326 e. The fraction of sp³-hybridized carbons (Fsp3) is 0.611. The summed E-state index contributed by atoms with van der Waals surface area (Å²) in [6, 6.07) is 0. The summed E-state index contributed by atoms with van der Waals surface area (Å²) >= 11 is 1.53. The molecular formula is C18H25N3O4S. The van der Waals surface area contributed by atoms with Crippen LogP contribution in [0.25, 0.3) is 10.2 Å². The third kappa shape index (κ3) is 3.97. The van der Waals surface area contributed by atoms with E-state index in [-0.39, 0.29) is 18.7 Å². The SMILES string of the molecule is COCCOC(=O)Cn1c(CN2CCCC2)nc2sc(C)c(C)c2c1=O. The molecule has 26 heavy (non-hydrogen) atoms. The molecule has 7 nitrogen and oxygen atoms in total. The fourth-order valence-electron chi connectivity index (χ4n) is 3.21. The molecule has 0 N–H and O–H groups in total. The van der Waals surface area contributed by atoms with Crippen LogP contribution in [-0.4, -0.2) is 53.8 Å². The summed E-state index contributed by atoms with van der Waals surface area (Å²) in [5, 5.41) is 0.613. The number of carbonyl (C=O) groups excluding carboxylic acids is 1. The van der Waals surface area contributed by atoms with E-state index >= 15 is 0 Å². The van der Waals surface area contributed by atoms with E-state index in [0.29, 0.717) is 24.4 Å². The van der Waals surface area contributed by atoms with E-state index < -0.39 is 5.97 Å².